The predicted octanol–water partition coefficient (Wildman–Crippen LogP) is -8.44. The topological polar surface area (TPSA) is 448 Å². The molecule has 0 aromatic heterocycles. The molecule has 0 heterocycles. The first-order valence-electron chi connectivity index (χ1n) is 18.1. The predicted molar refractivity (Wildman–Crippen MR) is 225 cm³/mol. The molecule has 74 heavy (non-hydrogen) atoms. The van der Waals surface area contributed by atoms with Gasteiger partial charge in [-0.25, -0.2) is 42.1 Å². The minimum atomic E-state index is -5.36. The van der Waals surface area contributed by atoms with Gasteiger partial charge < -0.3 is 33.0 Å². The van der Waals surface area contributed by atoms with Gasteiger partial charge in [-0.3, -0.25) is 10.2 Å². The van der Waals surface area contributed by atoms with Crippen LogP contribution in [0.3, 0.4) is 0 Å². The van der Waals surface area contributed by atoms with Crippen molar-refractivity contribution >= 4 is 108 Å². The molecule has 1 aliphatic carbocycles. The summed E-state index contributed by atoms with van der Waals surface area (Å²) < 4.78 is 179. The fraction of sp³-hybridized carbons (Fsp3) is 0. The number of anilines is 1. The van der Waals surface area contributed by atoms with Crippen molar-refractivity contribution in [3.8, 4) is 5.75 Å². The molecule has 1 N–H and O–H groups in total. The van der Waals surface area contributed by atoms with Crippen LogP contribution in [0.2, 0.25) is 0 Å². The minimum absolute atomic E-state index is 0. The van der Waals surface area contributed by atoms with Crippen LogP contribution in [0.15, 0.2) is 181 Å². The Kier molecular flexibility index (Phi) is 26.1. The van der Waals surface area contributed by atoms with E-state index in [9.17, 15) is 79.9 Å². The standard InChI is InChI=1S/C38H28N8O18S5.Cu.4Na/c47-31-15-12-26(65(50,51)52)20-30(31)45-44-29-14-16-32(48)37(38(29)49)46-41-24-10-8-22(35(18-24)68(59,60)61)6-5-21-7-9-23(17-34(21)67(56,57)58)39-40-25-11-13-28(36(19-25)69(62,63)64)43-42-27-3-1-2-4-33(27)66(53,54)55;;;;;/h1-20,41,47,49H,(H,50,51,52)(H,53,54,55)(H,56,57,58)(H,59,60,61)(H,62,63,64);;;;;/q;+2;4*+1/p-7/b6-5+,40-39?,43-42?,45-44?,46-37-;;;;;. The molecule has 1 aliphatic rings. The zero-order chi connectivity index (χ0) is 50.7. The third-order valence-electron chi connectivity index (χ3n) is 8.74. The van der Waals surface area contributed by atoms with E-state index < -0.39 is 121 Å². The first kappa shape index (κ1) is 68.9. The van der Waals surface area contributed by atoms with Crippen LogP contribution >= 0.6 is 0 Å². The second-order valence-corrected chi connectivity index (χ2v) is 20.2. The number of rotatable bonds is 15. The van der Waals surface area contributed by atoms with Gasteiger partial charge in [-0.2, -0.15) is 25.6 Å². The number of nitrogens with zero attached hydrogens (tertiary/aromatic N) is 7. The van der Waals surface area contributed by atoms with E-state index in [1.807, 2.05) is 0 Å². The Morgan fingerprint density at radius 3 is 1.50 bits per heavy atom. The van der Waals surface area contributed by atoms with Gasteiger partial charge in [0.1, 0.15) is 67.7 Å². The number of hydrogen-bond acceptors (Lipinski definition) is 26. The van der Waals surface area contributed by atoms with Gasteiger partial charge in [0.15, 0.2) is 0 Å². The fourth-order valence-corrected chi connectivity index (χ4v) is 8.70. The van der Waals surface area contributed by atoms with E-state index in [-0.39, 0.29) is 163 Å². The van der Waals surface area contributed by atoms with Crippen LogP contribution in [0.4, 0.5) is 34.1 Å². The van der Waals surface area contributed by atoms with Crippen LogP contribution in [0.1, 0.15) is 11.1 Å². The Labute approximate surface area is 519 Å². The van der Waals surface area contributed by atoms with E-state index in [0.29, 0.717) is 12.1 Å². The van der Waals surface area contributed by atoms with Crippen LogP contribution < -0.4 is 134 Å². The second kappa shape index (κ2) is 28.0. The summed E-state index contributed by atoms with van der Waals surface area (Å²) in [6.45, 7) is 0. The van der Waals surface area contributed by atoms with Crippen molar-refractivity contribution in [2.75, 3.05) is 5.43 Å². The largest absolute Gasteiger partial charge is 2.00 e. The first-order valence-corrected chi connectivity index (χ1v) is 25.2. The Balaban J connectivity index is 0.00000548. The van der Waals surface area contributed by atoms with E-state index in [1.165, 1.54) is 12.1 Å². The van der Waals surface area contributed by atoms with Gasteiger partial charge in [0, 0.05) is 0 Å². The minimum Gasteiger partial charge on any atom is -0.871 e. The Morgan fingerprint density at radius 1 is 0.459 bits per heavy atom. The van der Waals surface area contributed by atoms with Gasteiger partial charge in [0.25, 0.3) is 0 Å². The molecule has 0 bridgehead atoms. The van der Waals surface area contributed by atoms with E-state index in [4.69, 9.17) is 0 Å². The van der Waals surface area contributed by atoms with Gasteiger partial charge in [0.2, 0.25) is 5.78 Å². The number of azo groups is 3. The van der Waals surface area contributed by atoms with Crippen LogP contribution in [-0.2, 0) is 72.5 Å². The molecule has 0 aliphatic heterocycles. The van der Waals surface area contributed by atoms with Crippen molar-refractivity contribution in [3.63, 3.8) is 0 Å². The number of benzene rings is 5. The average Bonchev–Trinajstić information content (AvgIpc) is 3.26. The SMILES string of the molecule is O=C1C=CC(N=Nc2cc(S(=O)(=O)[O-])ccc2[O-])=C([O-])/C1=N\Nc1ccc(/C=C/c2ccc(N=Nc3ccc(N=Nc4ccccc4S(=O)(=O)[O-])c(S(=O)(=O)[O-])c3)cc2S(=O)(=O)[O-])c(S(=O)(=O)[O-])c1.[Cu+2].[Na+].[Na+].[Na+].[Na+]. The molecule has 0 atom stereocenters. The van der Waals surface area contributed by atoms with Gasteiger partial charge in [-0.15, -0.1) is 10.2 Å². The number of hydrogen-bond donors (Lipinski definition) is 1. The third kappa shape index (κ3) is 18.3. The molecule has 0 saturated carbocycles. The van der Waals surface area contributed by atoms with Crippen LogP contribution in [0.25, 0.3) is 12.2 Å². The maximum absolute atomic E-state index is 13.0. The zero-order valence-electron chi connectivity index (χ0n) is 37.9. The van der Waals surface area contributed by atoms with Gasteiger partial charge in [-0.1, -0.05) is 48.2 Å². The molecule has 5 aromatic rings. The van der Waals surface area contributed by atoms with Crippen molar-refractivity contribution in [2.24, 2.45) is 35.8 Å². The summed E-state index contributed by atoms with van der Waals surface area (Å²) in [5.41, 5.74) is -2.62. The average molecular weight is 1190 g/mol. The Hall–Kier alpha value is -3.07. The normalized spacial score (nSPS) is 13.9. The van der Waals surface area contributed by atoms with Crippen molar-refractivity contribution in [2.45, 2.75) is 24.5 Å². The molecule has 6 rings (SSSR count). The maximum atomic E-state index is 13.0. The molecule has 367 valence electrons. The van der Waals surface area contributed by atoms with Gasteiger partial charge in [-0.05, 0) is 95.8 Å². The summed E-state index contributed by atoms with van der Waals surface area (Å²) in [5.74, 6) is -3.06. The monoisotopic (exact) mass is 1190 g/mol. The molecular weight excluding hydrogens is 1170 g/mol. The summed E-state index contributed by atoms with van der Waals surface area (Å²) in [4.78, 5) is 8.00. The second-order valence-electron chi connectivity index (χ2n) is 13.4. The summed E-state index contributed by atoms with van der Waals surface area (Å²) in [7, 11) is -26.1. The molecule has 1 radical (unpaired) electrons. The fourth-order valence-electron chi connectivity index (χ4n) is 5.59. The molecule has 5 aromatic carbocycles. The number of hydrazone groups is 1. The number of nitrogens with one attached hydrogen (secondary N) is 1. The summed E-state index contributed by atoms with van der Waals surface area (Å²) in [6, 6.07) is 15.0. The van der Waals surface area contributed by atoms with Crippen molar-refractivity contribution in [3.05, 3.63) is 132 Å². The van der Waals surface area contributed by atoms with E-state index in [2.05, 4.69) is 41.2 Å². The summed E-state index contributed by atoms with van der Waals surface area (Å²) in [5, 5.41) is 50.5. The third-order valence-corrected chi connectivity index (χ3v) is 13.1. The summed E-state index contributed by atoms with van der Waals surface area (Å²) >= 11 is 0. The van der Waals surface area contributed by atoms with Crippen LogP contribution in [0.5, 0.6) is 5.75 Å². The number of carbonyl (C=O) groups excluding carboxylic acids is 1. The molecule has 0 spiro atoms. The zero-order valence-corrected chi connectivity index (χ0v) is 50.9. The van der Waals surface area contributed by atoms with Crippen molar-refractivity contribution < 1.29 is 215 Å². The molecular formula is C38H21CuN8Na4O18S5-. The van der Waals surface area contributed by atoms with Crippen molar-refractivity contribution in [1.82, 2.24) is 0 Å². The Bertz CT molecular complexity index is 3810. The van der Waals surface area contributed by atoms with E-state index in [1.54, 1.807) is 0 Å². The van der Waals surface area contributed by atoms with Crippen molar-refractivity contribution in [1.29, 1.82) is 0 Å². The number of carbonyl (C=O) groups is 1. The first-order chi connectivity index (χ1) is 32.1. The Morgan fingerprint density at radius 2 is 0.946 bits per heavy atom. The maximum Gasteiger partial charge on any atom is 2.00 e. The molecule has 0 fully saturated rings. The van der Waals surface area contributed by atoms with Crippen LogP contribution in [-0.4, -0.2) is 76.3 Å². The molecule has 0 saturated heterocycles. The summed E-state index contributed by atoms with van der Waals surface area (Å²) in [6.07, 6.45) is 3.58. The van der Waals surface area contributed by atoms with E-state index in [0.717, 1.165) is 97.1 Å². The number of allylic oxidation sites excluding steroid dienone is 3. The smallest absolute Gasteiger partial charge is 0.871 e. The van der Waals surface area contributed by atoms with E-state index >= 15 is 0 Å². The molecule has 36 heteroatoms. The quantitative estimate of drug-likeness (QED) is 0.0254. The molecule has 26 nitrogen and oxygen atoms in total. The van der Waals surface area contributed by atoms with Gasteiger partial charge in [0.05, 0.1) is 52.9 Å². The van der Waals surface area contributed by atoms with Gasteiger partial charge >= 0.3 is 135 Å². The molecule has 0 amide bonds. The molecule has 0 unspecified atom stereocenters. The van der Waals surface area contributed by atoms with Crippen LogP contribution in [0, 0.1) is 0 Å². The number of ketones is 1.